The molecule has 0 bridgehead atoms. The van der Waals surface area contributed by atoms with Gasteiger partial charge in [0.1, 0.15) is 0 Å². The highest BCUT2D eigenvalue weighted by molar-refractivity contribution is 5.98. The van der Waals surface area contributed by atoms with Crippen molar-refractivity contribution in [3.05, 3.63) is 11.8 Å². The van der Waals surface area contributed by atoms with Gasteiger partial charge in [0.2, 0.25) is 5.91 Å². The molecule has 0 saturated heterocycles. The molecule has 0 atom stereocenters. The van der Waals surface area contributed by atoms with Crippen molar-refractivity contribution in [1.29, 1.82) is 0 Å². The molecule has 0 saturated carbocycles. The van der Waals surface area contributed by atoms with E-state index in [1.165, 1.54) is 0 Å². The van der Waals surface area contributed by atoms with E-state index in [9.17, 15) is 9.59 Å². The molecule has 0 rings (SSSR count). The monoisotopic (exact) mass is 158 g/mol. The minimum atomic E-state index is -0.800. The summed E-state index contributed by atoms with van der Waals surface area (Å²) in [6.45, 7) is 1.93. The van der Waals surface area contributed by atoms with Gasteiger partial charge in [-0.3, -0.25) is 9.59 Å². The summed E-state index contributed by atoms with van der Waals surface area (Å²) in [5.74, 6) is -1.77. The fourth-order valence-electron chi connectivity index (χ4n) is 0.469. The number of primary amides is 2. The minimum Gasteiger partial charge on any atom is -0.488 e. The molecular formula is C6H10N2O3. The van der Waals surface area contributed by atoms with Crippen molar-refractivity contribution < 1.29 is 14.3 Å². The van der Waals surface area contributed by atoms with Gasteiger partial charge in [0.25, 0.3) is 5.91 Å². The van der Waals surface area contributed by atoms with E-state index in [0.29, 0.717) is 0 Å². The van der Waals surface area contributed by atoms with Gasteiger partial charge in [0.05, 0.1) is 12.7 Å². The molecular weight excluding hydrogens is 148 g/mol. The number of hydrogen-bond donors (Lipinski definition) is 2. The van der Waals surface area contributed by atoms with E-state index in [2.05, 4.69) is 0 Å². The predicted molar refractivity (Wildman–Crippen MR) is 38.1 cm³/mol. The summed E-state index contributed by atoms with van der Waals surface area (Å²) >= 11 is 0. The van der Waals surface area contributed by atoms with Gasteiger partial charge < -0.3 is 16.2 Å². The summed E-state index contributed by atoms with van der Waals surface area (Å²) in [5, 5.41) is 0. The minimum absolute atomic E-state index is 0.208. The highest BCUT2D eigenvalue weighted by Gasteiger charge is 2.05. The van der Waals surface area contributed by atoms with Gasteiger partial charge in [-0.1, -0.05) is 0 Å². The maximum atomic E-state index is 10.4. The first-order chi connectivity index (χ1) is 5.07. The molecule has 0 radical (unpaired) electrons. The molecule has 11 heavy (non-hydrogen) atoms. The number of rotatable bonds is 4. The maximum Gasteiger partial charge on any atom is 0.283 e. The van der Waals surface area contributed by atoms with Gasteiger partial charge in [0, 0.05) is 0 Å². The Morgan fingerprint density at radius 3 is 2.27 bits per heavy atom. The molecule has 0 fully saturated rings. The zero-order chi connectivity index (χ0) is 8.85. The molecule has 0 aromatic heterocycles. The second kappa shape index (κ2) is 4.32. The molecule has 5 heteroatoms. The summed E-state index contributed by atoms with van der Waals surface area (Å²) in [4.78, 5) is 20.7. The molecule has 0 aliphatic carbocycles. The molecule has 62 valence electrons. The lowest BCUT2D eigenvalue weighted by atomic mass is 10.4. The van der Waals surface area contributed by atoms with E-state index in [0.717, 1.165) is 6.08 Å². The first kappa shape index (κ1) is 9.48. The highest BCUT2D eigenvalue weighted by Crippen LogP contribution is 1.94. The zero-order valence-corrected chi connectivity index (χ0v) is 6.16. The summed E-state index contributed by atoms with van der Waals surface area (Å²) in [7, 11) is 0. The van der Waals surface area contributed by atoms with Gasteiger partial charge in [-0.25, -0.2) is 0 Å². The zero-order valence-electron chi connectivity index (χ0n) is 6.16. The number of carbonyl (C=O) groups is 2. The van der Waals surface area contributed by atoms with Crippen molar-refractivity contribution in [1.82, 2.24) is 0 Å². The number of carbonyl (C=O) groups excluding carboxylic acids is 2. The van der Waals surface area contributed by atoms with Crippen LogP contribution in [-0.2, 0) is 14.3 Å². The molecule has 0 unspecified atom stereocenters. The van der Waals surface area contributed by atoms with Crippen molar-refractivity contribution in [2.75, 3.05) is 6.61 Å². The van der Waals surface area contributed by atoms with Crippen LogP contribution in [0.1, 0.15) is 6.92 Å². The van der Waals surface area contributed by atoms with Crippen LogP contribution in [0.4, 0.5) is 0 Å². The van der Waals surface area contributed by atoms with E-state index in [1.807, 2.05) is 0 Å². The highest BCUT2D eigenvalue weighted by atomic mass is 16.5. The largest absolute Gasteiger partial charge is 0.488 e. The summed E-state index contributed by atoms with van der Waals surface area (Å²) in [5.41, 5.74) is 9.59. The third kappa shape index (κ3) is 3.96. The van der Waals surface area contributed by atoms with E-state index < -0.39 is 11.8 Å². The normalized spacial score (nSPS) is 10.8. The van der Waals surface area contributed by atoms with E-state index in [-0.39, 0.29) is 12.4 Å². The van der Waals surface area contributed by atoms with E-state index in [4.69, 9.17) is 16.2 Å². The van der Waals surface area contributed by atoms with Crippen LogP contribution in [0.5, 0.6) is 0 Å². The predicted octanol–water partition coefficient (Wildman–Crippen LogP) is -1.12. The molecule has 5 nitrogen and oxygen atoms in total. The first-order valence-corrected chi connectivity index (χ1v) is 3.01. The van der Waals surface area contributed by atoms with Crippen molar-refractivity contribution in [3.63, 3.8) is 0 Å². The third-order valence-corrected chi connectivity index (χ3v) is 0.816. The van der Waals surface area contributed by atoms with Crippen molar-refractivity contribution in [3.8, 4) is 0 Å². The summed E-state index contributed by atoms with van der Waals surface area (Å²) in [6.07, 6.45) is 0.853. The molecule has 0 heterocycles. The third-order valence-electron chi connectivity index (χ3n) is 0.816. The quantitative estimate of drug-likeness (QED) is 0.400. The van der Waals surface area contributed by atoms with Crippen LogP contribution in [0.25, 0.3) is 0 Å². The molecule has 0 aromatic carbocycles. The van der Waals surface area contributed by atoms with Gasteiger partial charge in [-0.05, 0) is 6.92 Å². The average molecular weight is 158 g/mol. The van der Waals surface area contributed by atoms with Crippen LogP contribution < -0.4 is 11.5 Å². The van der Waals surface area contributed by atoms with Gasteiger partial charge in [-0.15, -0.1) is 0 Å². The lowest BCUT2D eigenvalue weighted by Crippen LogP contribution is -2.19. The van der Waals surface area contributed by atoms with Crippen LogP contribution in [0.2, 0.25) is 0 Å². The fraction of sp³-hybridized carbons (Fsp3) is 0.333. The SMILES string of the molecule is CCO/C(=C\C(N)=O)C(N)=O. The lowest BCUT2D eigenvalue weighted by molar-refractivity contribution is -0.119. The average Bonchev–Trinajstić information content (AvgIpc) is 1.86. The standard InChI is InChI=1S/C6H10N2O3/c1-2-11-4(6(8)10)3-5(7)9/h3H,2H2,1H3,(H2,7,9)(H2,8,10)/b4-3-. The Morgan fingerprint density at radius 1 is 1.45 bits per heavy atom. The summed E-state index contributed by atoms with van der Waals surface area (Å²) in [6, 6.07) is 0. The van der Waals surface area contributed by atoms with Crippen LogP contribution >= 0.6 is 0 Å². The Bertz CT molecular complexity index is 198. The van der Waals surface area contributed by atoms with Gasteiger partial charge in [-0.2, -0.15) is 0 Å². The molecule has 0 aliphatic heterocycles. The molecule has 2 amide bonds. The van der Waals surface area contributed by atoms with E-state index in [1.54, 1.807) is 6.92 Å². The van der Waals surface area contributed by atoms with Gasteiger partial charge in [0.15, 0.2) is 5.76 Å². The van der Waals surface area contributed by atoms with Gasteiger partial charge >= 0.3 is 0 Å². The molecule has 4 N–H and O–H groups in total. The maximum absolute atomic E-state index is 10.4. The number of amides is 2. The van der Waals surface area contributed by atoms with Crippen LogP contribution in [0.15, 0.2) is 11.8 Å². The van der Waals surface area contributed by atoms with Crippen molar-refractivity contribution in [2.45, 2.75) is 6.92 Å². The Hall–Kier alpha value is -1.52. The second-order valence-corrected chi connectivity index (χ2v) is 1.71. The van der Waals surface area contributed by atoms with E-state index >= 15 is 0 Å². The number of hydrogen-bond acceptors (Lipinski definition) is 3. The second-order valence-electron chi connectivity index (χ2n) is 1.71. The number of ether oxygens (including phenoxy) is 1. The Balaban J connectivity index is 4.32. The van der Waals surface area contributed by atoms with Crippen LogP contribution in [-0.4, -0.2) is 18.4 Å². The summed E-state index contributed by atoms with van der Waals surface area (Å²) < 4.78 is 4.70. The fourth-order valence-corrected chi connectivity index (χ4v) is 0.469. The topological polar surface area (TPSA) is 95.4 Å². The van der Waals surface area contributed by atoms with Crippen molar-refractivity contribution >= 4 is 11.8 Å². The first-order valence-electron chi connectivity index (χ1n) is 3.01. The van der Waals surface area contributed by atoms with Crippen molar-refractivity contribution in [2.24, 2.45) is 11.5 Å². The molecule has 0 aliphatic rings. The Labute approximate surface area is 64.0 Å². The lowest BCUT2D eigenvalue weighted by Gasteiger charge is -2.01. The Kier molecular flexibility index (Phi) is 3.72. The number of nitrogens with two attached hydrogens (primary N) is 2. The van der Waals surface area contributed by atoms with Crippen LogP contribution in [0.3, 0.4) is 0 Å². The smallest absolute Gasteiger partial charge is 0.283 e. The molecule has 0 aromatic rings. The molecule has 0 spiro atoms. The Morgan fingerprint density at radius 2 is 2.00 bits per heavy atom. The van der Waals surface area contributed by atoms with Crippen LogP contribution in [0, 0.1) is 0 Å².